The number of aliphatic hydroxyl groups excluding tert-OH is 1. The zero-order chi connectivity index (χ0) is 45.5. The molecule has 2 unspecified atom stereocenters. The number of nitrogens with one attached hydrogen (secondary N) is 3. The number of fused-ring (bicyclic) bond motifs is 6. The minimum Gasteiger partial charge on any atom is -0.488 e. The van der Waals surface area contributed by atoms with Crippen LogP contribution in [0.4, 0.5) is 4.79 Å². The van der Waals surface area contributed by atoms with Crippen molar-refractivity contribution in [3.63, 3.8) is 0 Å². The first-order valence-corrected chi connectivity index (χ1v) is 22.4. The summed E-state index contributed by atoms with van der Waals surface area (Å²) in [4.78, 5) is 59.6. The van der Waals surface area contributed by atoms with E-state index in [1.165, 1.54) is 19.1 Å². The normalized spacial score (nSPS) is 21.7. The van der Waals surface area contributed by atoms with Gasteiger partial charge in [0.1, 0.15) is 36.1 Å². The topological polar surface area (TPSA) is 183 Å². The molecule has 2 fully saturated rings. The fraction of sp³-hybridized carbons (Fsp3) is 0.449. The lowest BCUT2D eigenvalue weighted by Crippen LogP contribution is -2.55. The van der Waals surface area contributed by atoms with E-state index in [4.69, 9.17) is 28.9 Å². The Morgan fingerprint density at radius 1 is 0.985 bits per heavy atom. The molecule has 1 aromatic heterocycles. The van der Waals surface area contributed by atoms with Gasteiger partial charge in [0.2, 0.25) is 18.2 Å². The van der Waals surface area contributed by atoms with Crippen molar-refractivity contribution in [3.8, 4) is 16.9 Å². The molecule has 2 saturated heterocycles. The fourth-order valence-electron chi connectivity index (χ4n) is 10.3. The van der Waals surface area contributed by atoms with E-state index in [2.05, 4.69) is 52.0 Å². The van der Waals surface area contributed by atoms with E-state index in [0.717, 1.165) is 68.5 Å². The minimum absolute atomic E-state index is 0.0556. The number of methoxy groups -OCH3 is 3. The summed E-state index contributed by atoms with van der Waals surface area (Å²) in [7, 11) is 5.99. The molecule has 4 aromatic carbocycles. The van der Waals surface area contributed by atoms with Gasteiger partial charge in [-0.25, -0.2) is 9.78 Å². The molecular weight excluding hydrogens is 829 g/mol. The number of benzene rings is 4. The van der Waals surface area contributed by atoms with E-state index in [1.54, 1.807) is 14.2 Å². The molecule has 4 aliphatic heterocycles. The number of hydrogen-bond donors (Lipinski definition) is 4. The van der Waals surface area contributed by atoms with Crippen LogP contribution in [0.3, 0.4) is 0 Å². The maximum Gasteiger partial charge on any atom is 0.409 e. The largest absolute Gasteiger partial charge is 0.488 e. The van der Waals surface area contributed by atoms with Crippen LogP contribution in [-0.4, -0.2) is 127 Å². The Balaban J connectivity index is 0.946. The van der Waals surface area contributed by atoms with Gasteiger partial charge in [-0.2, -0.15) is 0 Å². The number of imidazole rings is 1. The van der Waals surface area contributed by atoms with Crippen LogP contribution in [0.1, 0.15) is 73.8 Å². The van der Waals surface area contributed by atoms with Crippen molar-refractivity contribution in [2.45, 2.75) is 76.3 Å². The van der Waals surface area contributed by atoms with E-state index in [9.17, 15) is 19.5 Å². The molecule has 0 aliphatic carbocycles. The van der Waals surface area contributed by atoms with Crippen molar-refractivity contribution in [2.75, 3.05) is 54.6 Å². The fourth-order valence-corrected chi connectivity index (χ4v) is 10.3. The van der Waals surface area contributed by atoms with Crippen molar-refractivity contribution in [3.05, 3.63) is 95.3 Å². The van der Waals surface area contributed by atoms with E-state index >= 15 is 0 Å². The second kappa shape index (κ2) is 18.4. The van der Waals surface area contributed by atoms with Crippen LogP contribution in [0.5, 0.6) is 5.75 Å². The van der Waals surface area contributed by atoms with Gasteiger partial charge in [-0.05, 0) is 77.1 Å². The van der Waals surface area contributed by atoms with Crippen LogP contribution in [0.25, 0.3) is 32.9 Å². The molecule has 9 rings (SSSR count). The summed E-state index contributed by atoms with van der Waals surface area (Å²) in [5.41, 5.74) is 6.63. The average Bonchev–Trinajstić information content (AvgIpc) is 4.16. The molecule has 3 amide bonds. The number of amides is 3. The summed E-state index contributed by atoms with van der Waals surface area (Å²) in [6.07, 6.45) is 0.436. The number of carbonyl (C=O) groups is 3. The number of likely N-dealkylation sites (N-methyl/N-ethyl adjacent to an activating group) is 1. The monoisotopic (exact) mass is 886 g/mol. The zero-order valence-electron chi connectivity index (χ0n) is 37.7. The highest BCUT2D eigenvalue weighted by Crippen LogP contribution is 2.44. The predicted octanol–water partition coefficient (Wildman–Crippen LogP) is 5.82. The highest BCUT2D eigenvalue weighted by atomic mass is 16.6. The number of aliphatic imine (C=N–C) groups is 1. The van der Waals surface area contributed by atoms with Gasteiger partial charge < -0.3 is 44.2 Å². The van der Waals surface area contributed by atoms with Crippen molar-refractivity contribution in [2.24, 2.45) is 16.8 Å². The van der Waals surface area contributed by atoms with E-state index < -0.39 is 24.6 Å². The number of rotatable bonds is 13. The quantitative estimate of drug-likeness (QED) is 0.105. The number of amidine groups is 1. The maximum absolute atomic E-state index is 14.5. The van der Waals surface area contributed by atoms with Crippen molar-refractivity contribution in [1.82, 2.24) is 35.3 Å². The van der Waals surface area contributed by atoms with Gasteiger partial charge in [0, 0.05) is 51.2 Å². The van der Waals surface area contributed by atoms with Crippen molar-refractivity contribution in [1.29, 1.82) is 0 Å². The summed E-state index contributed by atoms with van der Waals surface area (Å²) >= 11 is 0. The van der Waals surface area contributed by atoms with Crippen molar-refractivity contribution < 1.29 is 38.4 Å². The molecule has 65 heavy (non-hydrogen) atoms. The van der Waals surface area contributed by atoms with Gasteiger partial charge in [0.25, 0.3) is 0 Å². The third kappa shape index (κ3) is 8.39. The minimum atomic E-state index is -1.34. The third-order valence-corrected chi connectivity index (χ3v) is 13.5. The Morgan fingerprint density at radius 2 is 1.80 bits per heavy atom. The standard InChI is InChI=1S/C49H58N8O8/c1-27(2)43(55(3)49(61)64-6)47(59)56-18-10-13-38(56)44-50-23-37(52-44)31-14-16-33-32(20-31)26-65-40-22-34-30(21-35(33)40)15-17-36-42(34)53-45(51-36)39-19-28(25-62-4)24-57(39)46(58)41(54-48(60)63-5)29-11-8-7-9-12-29/h7-9,11-12,14-17,20-22,27-28,37-39,41,43,48,54,60H,10,13,18-19,23-26H2,1-6H3,(H,50,52)(H,51,53)/t28-,37?,38+,39+,41-,43+,48?/m1/s1. The second-order valence-corrected chi connectivity index (χ2v) is 17.9. The highest BCUT2D eigenvalue weighted by Gasteiger charge is 2.43. The number of ether oxygens (including phenoxy) is 4. The van der Waals surface area contributed by atoms with Gasteiger partial charge in [-0.3, -0.25) is 24.8 Å². The molecule has 5 aromatic rings. The smallest absolute Gasteiger partial charge is 0.409 e. The molecule has 4 aliphatic rings. The number of carbonyl (C=O) groups excluding carboxylic acids is 3. The molecule has 16 heteroatoms. The molecule has 16 nitrogen and oxygen atoms in total. The molecule has 7 atom stereocenters. The molecule has 0 spiro atoms. The second-order valence-electron chi connectivity index (χ2n) is 17.9. The molecule has 0 bridgehead atoms. The highest BCUT2D eigenvalue weighted by molar-refractivity contribution is 6.07. The van der Waals surface area contributed by atoms with Gasteiger partial charge in [-0.15, -0.1) is 0 Å². The van der Waals surface area contributed by atoms with Gasteiger partial charge in [0.15, 0.2) is 0 Å². The van der Waals surface area contributed by atoms with Crippen molar-refractivity contribution >= 4 is 45.5 Å². The molecule has 342 valence electrons. The van der Waals surface area contributed by atoms with Crippen LogP contribution >= 0.6 is 0 Å². The lowest BCUT2D eigenvalue weighted by Gasteiger charge is -2.35. The van der Waals surface area contributed by atoms with E-state index in [1.807, 2.05) is 60.0 Å². The zero-order valence-corrected chi connectivity index (χ0v) is 37.7. The maximum atomic E-state index is 14.5. The Labute approximate surface area is 378 Å². The first kappa shape index (κ1) is 44.1. The number of hydrogen-bond acceptors (Lipinski definition) is 12. The van der Waals surface area contributed by atoms with Crippen LogP contribution in [0.2, 0.25) is 0 Å². The summed E-state index contributed by atoms with van der Waals surface area (Å²) < 4.78 is 22.1. The Kier molecular flexibility index (Phi) is 12.5. The first-order valence-electron chi connectivity index (χ1n) is 22.4. The summed E-state index contributed by atoms with van der Waals surface area (Å²) in [5.74, 6) is 1.96. The summed E-state index contributed by atoms with van der Waals surface area (Å²) in [6.45, 7) is 6.39. The Morgan fingerprint density at radius 3 is 2.55 bits per heavy atom. The van der Waals surface area contributed by atoms with E-state index in [0.29, 0.717) is 50.7 Å². The molecule has 4 N–H and O–H groups in total. The third-order valence-electron chi connectivity index (χ3n) is 13.5. The number of aromatic amines is 1. The van der Waals surface area contributed by atoms with Crippen LogP contribution in [0, 0.1) is 11.8 Å². The van der Waals surface area contributed by atoms with Gasteiger partial charge in [-0.1, -0.05) is 62.4 Å². The number of aromatic nitrogens is 2. The molecular formula is C49H58N8O8. The lowest BCUT2D eigenvalue weighted by atomic mass is 9.91. The number of aliphatic hydroxyl groups is 1. The number of H-pyrrole nitrogens is 1. The lowest BCUT2D eigenvalue weighted by molar-refractivity contribution is -0.143. The Hall–Kier alpha value is -6.07. The van der Waals surface area contributed by atoms with E-state index in [-0.39, 0.29) is 41.8 Å². The van der Waals surface area contributed by atoms with Crippen LogP contribution < -0.4 is 15.4 Å². The van der Waals surface area contributed by atoms with Gasteiger partial charge >= 0.3 is 6.09 Å². The van der Waals surface area contributed by atoms with Crippen LogP contribution in [0.15, 0.2) is 77.8 Å². The number of likely N-dealkylation sites (tertiary alicyclic amines) is 2. The Bertz CT molecular complexity index is 2620. The van der Waals surface area contributed by atoms with Gasteiger partial charge in [0.05, 0.1) is 49.4 Å². The van der Waals surface area contributed by atoms with Crippen LogP contribution in [-0.2, 0) is 30.4 Å². The molecule has 0 radical (unpaired) electrons. The predicted molar refractivity (Wildman–Crippen MR) is 245 cm³/mol. The molecule has 5 heterocycles. The average molecular weight is 887 g/mol. The molecule has 0 saturated carbocycles. The summed E-state index contributed by atoms with van der Waals surface area (Å²) in [5, 5.41) is 19.0. The summed E-state index contributed by atoms with van der Waals surface area (Å²) in [6, 6.07) is 22.1. The first-order chi connectivity index (χ1) is 31.5. The SMILES string of the molecule is COC[C@@H]1C[C@@H](c2nc3c(ccc4cc5c(cc43)OCc3cc(C4CN=C([C@@H]6CCCN6C(=O)[C@H](C(C)C)N(C)C(=O)OC)N4)ccc3-5)[nH]2)N(C(=O)[C@H](NC(O)OC)c2ccccc2)C1. The number of nitrogens with zero attached hydrogens (tertiary/aromatic N) is 5.